The summed E-state index contributed by atoms with van der Waals surface area (Å²) in [4.78, 5) is 16.7. The summed E-state index contributed by atoms with van der Waals surface area (Å²) in [6.07, 6.45) is 3.48. The Balaban J connectivity index is 1.45. The maximum absolute atomic E-state index is 12.5. The van der Waals surface area contributed by atoms with Crippen LogP contribution in [0, 0.1) is 6.92 Å². The van der Waals surface area contributed by atoms with Crippen molar-refractivity contribution in [1.82, 2.24) is 9.55 Å². The molecule has 1 N–H and O–H groups in total. The zero-order valence-corrected chi connectivity index (χ0v) is 17.3. The van der Waals surface area contributed by atoms with Crippen molar-refractivity contribution < 1.29 is 13.2 Å². The Hall–Kier alpha value is -2.97. The molecule has 0 bridgehead atoms. The number of fused-ring (bicyclic) bond motifs is 1. The summed E-state index contributed by atoms with van der Waals surface area (Å²) < 4.78 is 26.9. The minimum Gasteiger partial charge on any atom is -0.338 e. The van der Waals surface area contributed by atoms with Gasteiger partial charge in [0, 0.05) is 23.5 Å². The second kappa shape index (κ2) is 7.81. The van der Waals surface area contributed by atoms with Crippen LogP contribution in [0.1, 0.15) is 10.6 Å². The molecule has 2 heterocycles. The molecule has 148 valence electrons. The zero-order valence-electron chi connectivity index (χ0n) is 15.7. The summed E-state index contributed by atoms with van der Waals surface area (Å²) in [5.74, 6) is -0.305. The van der Waals surface area contributed by atoms with Crippen LogP contribution in [-0.4, -0.2) is 23.9 Å². The van der Waals surface area contributed by atoms with Crippen molar-refractivity contribution in [1.29, 1.82) is 0 Å². The first-order chi connectivity index (χ1) is 13.9. The highest BCUT2D eigenvalue weighted by Gasteiger charge is 2.17. The molecule has 6 nitrogen and oxygen atoms in total. The number of carbonyl (C=O) groups excluding carboxylic acids is 1. The summed E-state index contributed by atoms with van der Waals surface area (Å²) in [7, 11) is -3.47. The van der Waals surface area contributed by atoms with Gasteiger partial charge in [-0.15, -0.1) is 11.3 Å². The predicted molar refractivity (Wildman–Crippen MR) is 115 cm³/mol. The molecule has 0 aliphatic rings. The molecule has 1 amide bonds. The van der Waals surface area contributed by atoms with E-state index in [0.717, 1.165) is 16.5 Å². The molecule has 2 aromatic carbocycles. The molecule has 4 aromatic rings. The minimum atomic E-state index is -3.47. The number of aryl methyl sites for hydroxylation is 1. The van der Waals surface area contributed by atoms with E-state index in [2.05, 4.69) is 10.3 Å². The summed E-state index contributed by atoms with van der Waals surface area (Å²) in [6.45, 7) is 2.19. The Kier molecular flexibility index (Phi) is 5.21. The van der Waals surface area contributed by atoms with E-state index in [1.54, 1.807) is 23.7 Å². The van der Waals surface area contributed by atoms with Gasteiger partial charge in [-0.25, -0.2) is 13.4 Å². The maximum Gasteiger partial charge on any atom is 0.244 e. The molecule has 0 saturated carbocycles. The van der Waals surface area contributed by atoms with Crippen molar-refractivity contribution in [3.05, 3.63) is 76.9 Å². The van der Waals surface area contributed by atoms with Gasteiger partial charge in [-0.2, -0.15) is 0 Å². The highest BCUT2D eigenvalue weighted by atomic mass is 32.2. The van der Waals surface area contributed by atoms with Gasteiger partial charge in [-0.1, -0.05) is 18.2 Å². The van der Waals surface area contributed by atoms with Gasteiger partial charge in [0.1, 0.15) is 17.3 Å². The van der Waals surface area contributed by atoms with Gasteiger partial charge in [0.15, 0.2) is 9.84 Å². The van der Waals surface area contributed by atoms with Crippen LogP contribution >= 0.6 is 11.3 Å². The predicted octanol–water partition coefficient (Wildman–Crippen LogP) is 4.02. The number of anilines is 1. The van der Waals surface area contributed by atoms with Gasteiger partial charge in [0.25, 0.3) is 0 Å². The molecule has 0 spiro atoms. The number of sulfone groups is 1. The van der Waals surface area contributed by atoms with E-state index < -0.39 is 9.84 Å². The molecule has 29 heavy (non-hydrogen) atoms. The first-order valence-electron chi connectivity index (χ1n) is 8.98. The number of benzene rings is 2. The number of carbonyl (C=O) groups is 1. The SMILES string of the molecule is Cc1cccc2ccn(CC(=O)Nc3ccc(S(=O)(=O)Cc4nccs4)cc3)c12. The Bertz CT molecular complexity index is 1260. The third-order valence-electron chi connectivity index (χ3n) is 4.60. The first kappa shape index (κ1) is 19.4. The normalized spacial score (nSPS) is 11.6. The lowest BCUT2D eigenvalue weighted by Gasteiger charge is -2.09. The van der Waals surface area contributed by atoms with Crippen molar-refractivity contribution >= 4 is 43.7 Å². The van der Waals surface area contributed by atoms with Crippen LogP contribution in [-0.2, 0) is 26.9 Å². The van der Waals surface area contributed by atoms with E-state index in [0.29, 0.717) is 10.7 Å². The largest absolute Gasteiger partial charge is 0.338 e. The zero-order chi connectivity index (χ0) is 20.4. The Morgan fingerprint density at radius 1 is 1.14 bits per heavy atom. The van der Waals surface area contributed by atoms with Crippen molar-refractivity contribution in [2.24, 2.45) is 0 Å². The fourth-order valence-corrected chi connectivity index (χ4v) is 5.51. The number of nitrogens with one attached hydrogen (secondary N) is 1. The van der Waals surface area contributed by atoms with Crippen LogP contribution < -0.4 is 5.32 Å². The van der Waals surface area contributed by atoms with Crippen molar-refractivity contribution in [3.8, 4) is 0 Å². The van der Waals surface area contributed by atoms with Gasteiger partial charge in [-0.3, -0.25) is 4.79 Å². The average Bonchev–Trinajstić information content (AvgIpc) is 3.32. The number of hydrogen-bond acceptors (Lipinski definition) is 5. The fourth-order valence-electron chi connectivity index (χ4n) is 3.26. The summed E-state index contributed by atoms with van der Waals surface area (Å²) >= 11 is 1.31. The highest BCUT2D eigenvalue weighted by molar-refractivity contribution is 7.90. The lowest BCUT2D eigenvalue weighted by Crippen LogP contribution is -2.18. The van der Waals surface area contributed by atoms with Crippen LogP contribution in [0.4, 0.5) is 5.69 Å². The number of para-hydroxylation sites is 1. The summed E-state index contributed by atoms with van der Waals surface area (Å²) in [5.41, 5.74) is 2.69. The van der Waals surface area contributed by atoms with E-state index in [1.165, 1.54) is 23.5 Å². The number of rotatable bonds is 6. The fraction of sp³-hybridized carbons (Fsp3) is 0.143. The highest BCUT2D eigenvalue weighted by Crippen LogP contribution is 2.21. The van der Waals surface area contributed by atoms with Gasteiger partial charge in [-0.05, 0) is 48.2 Å². The van der Waals surface area contributed by atoms with E-state index >= 15 is 0 Å². The third kappa shape index (κ3) is 4.23. The quantitative estimate of drug-likeness (QED) is 0.506. The topological polar surface area (TPSA) is 81.1 Å². The molecule has 0 unspecified atom stereocenters. The maximum atomic E-state index is 12.5. The third-order valence-corrected chi connectivity index (χ3v) is 7.20. The van der Waals surface area contributed by atoms with Crippen molar-refractivity contribution in [2.75, 3.05) is 5.32 Å². The second-order valence-electron chi connectivity index (χ2n) is 6.71. The smallest absolute Gasteiger partial charge is 0.244 e. The summed E-state index contributed by atoms with van der Waals surface area (Å²) in [5, 5.41) is 6.22. The summed E-state index contributed by atoms with van der Waals surface area (Å²) in [6, 6.07) is 14.2. The molecular formula is C21H19N3O3S2. The number of hydrogen-bond donors (Lipinski definition) is 1. The van der Waals surface area contributed by atoms with E-state index in [-0.39, 0.29) is 23.1 Å². The Morgan fingerprint density at radius 2 is 1.93 bits per heavy atom. The van der Waals surface area contributed by atoms with Crippen LogP contribution in [0.2, 0.25) is 0 Å². The van der Waals surface area contributed by atoms with E-state index in [1.807, 2.05) is 42.0 Å². The molecule has 0 aliphatic carbocycles. The monoisotopic (exact) mass is 425 g/mol. The molecule has 8 heteroatoms. The lowest BCUT2D eigenvalue weighted by molar-refractivity contribution is -0.116. The molecule has 0 fully saturated rings. The molecule has 4 rings (SSSR count). The molecular weight excluding hydrogens is 406 g/mol. The minimum absolute atomic E-state index is 0.129. The van der Waals surface area contributed by atoms with E-state index in [9.17, 15) is 13.2 Å². The lowest BCUT2D eigenvalue weighted by atomic mass is 10.2. The van der Waals surface area contributed by atoms with Crippen molar-refractivity contribution in [3.63, 3.8) is 0 Å². The molecule has 0 aliphatic heterocycles. The van der Waals surface area contributed by atoms with Gasteiger partial charge >= 0.3 is 0 Å². The average molecular weight is 426 g/mol. The molecule has 0 atom stereocenters. The molecule has 0 radical (unpaired) electrons. The first-order valence-corrected chi connectivity index (χ1v) is 11.5. The van der Waals surface area contributed by atoms with Crippen LogP contribution in [0.25, 0.3) is 10.9 Å². The number of thiazole rings is 1. The number of aromatic nitrogens is 2. The molecule has 2 aromatic heterocycles. The standard InChI is InChI=1S/C21H19N3O3S2/c1-15-3-2-4-16-9-11-24(21(15)16)13-19(25)23-17-5-7-18(8-6-17)29(26,27)14-20-22-10-12-28-20/h2-12H,13-14H2,1H3,(H,23,25). The van der Waals surface area contributed by atoms with Crippen LogP contribution in [0.15, 0.2) is 71.2 Å². The van der Waals surface area contributed by atoms with Gasteiger partial charge < -0.3 is 9.88 Å². The van der Waals surface area contributed by atoms with E-state index in [4.69, 9.17) is 0 Å². The molecule has 0 saturated heterocycles. The van der Waals surface area contributed by atoms with Crippen molar-refractivity contribution in [2.45, 2.75) is 24.1 Å². The Labute approximate surface area is 172 Å². The number of amides is 1. The second-order valence-corrected chi connectivity index (χ2v) is 9.68. The Morgan fingerprint density at radius 3 is 2.66 bits per heavy atom. The van der Waals surface area contributed by atoms with Gasteiger partial charge in [0.05, 0.1) is 10.4 Å². The number of nitrogens with zero attached hydrogens (tertiary/aromatic N) is 2. The van der Waals surface area contributed by atoms with Gasteiger partial charge in [0.2, 0.25) is 5.91 Å². The van der Waals surface area contributed by atoms with Crippen LogP contribution in [0.3, 0.4) is 0 Å². The van der Waals surface area contributed by atoms with Crippen LogP contribution in [0.5, 0.6) is 0 Å².